The van der Waals surface area contributed by atoms with Crippen LogP contribution in [0.2, 0.25) is 0 Å². The molecule has 0 unspecified atom stereocenters. The Labute approximate surface area is 189 Å². The Morgan fingerprint density at radius 1 is 0.909 bits per heavy atom. The van der Waals surface area contributed by atoms with Crippen LogP contribution in [-0.2, 0) is 9.53 Å². The quantitative estimate of drug-likeness (QED) is 0.608. The fourth-order valence-corrected chi connectivity index (χ4v) is 5.02. The average Bonchev–Trinajstić information content (AvgIpc) is 3.38. The molecule has 2 atom stereocenters. The van der Waals surface area contributed by atoms with Crippen molar-refractivity contribution >= 4 is 12.1 Å². The highest BCUT2D eigenvalue weighted by molar-refractivity contribution is 5.79. The molecule has 1 heterocycles. The standard InChI is InChI=1S/C26H21F2NO4/c27-16-9-15(10-17(28)11-16)22-12-29(13-23(22)25(30)31)26(32)33-14-24-20-7-3-1-5-18(20)19-6-2-4-8-21(19)24/h1-11,22-24H,12-14H2,(H,30,31)/t22-,23+/m0/s1. The molecule has 168 valence electrons. The van der Waals surface area contributed by atoms with Crippen molar-refractivity contribution in [2.45, 2.75) is 11.8 Å². The number of rotatable bonds is 4. The largest absolute Gasteiger partial charge is 0.481 e. The van der Waals surface area contributed by atoms with Crippen LogP contribution < -0.4 is 0 Å². The highest BCUT2D eigenvalue weighted by Gasteiger charge is 2.42. The SMILES string of the molecule is O=C(O)[C@@H]1CN(C(=O)OCC2c3ccccc3-c3ccccc32)C[C@H]1c1cc(F)cc(F)c1. The zero-order valence-electron chi connectivity index (χ0n) is 17.6. The molecule has 5 rings (SSSR count). The van der Waals surface area contributed by atoms with E-state index in [1.807, 2.05) is 48.5 Å². The summed E-state index contributed by atoms with van der Waals surface area (Å²) in [5, 5.41) is 9.64. The first kappa shape index (κ1) is 21.1. The van der Waals surface area contributed by atoms with Crippen LogP contribution in [-0.4, -0.2) is 41.8 Å². The minimum absolute atomic E-state index is 0.0105. The highest BCUT2D eigenvalue weighted by Crippen LogP contribution is 2.44. The molecule has 0 radical (unpaired) electrons. The van der Waals surface area contributed by atoms with Gasteiger partial charge in [0, 0.05) is 31.0 Å². The van der Waals surface area contributed by atoms with E-state index < -0.39 is 35.5 Å². The Hall–Kier alpha value is -3.74. The second-order valence-electron chi connectivity index (χ2n) is 8.46. The van der Waals surface area contributed by atoms with Gasteiger partial charge in [-0.1, -0.05) is 48.5 Å². The Morgan fingerprint density at radius 3 is 2.06 bits per heavy atom. The minimum atomic E-state index is -1.13. The summed E-state index contributed by atoms with van der Waals surface area (Å²) >= 11 is 0. The maximum Gasteiger partial charge on any atom is 0.409 e. The third kappa shape index (κ3) is 3.84. The maximum absolute atomic E-state index is 13.7. The van der Waals surface area contributed by atoms with E-state index in [0.717, 1.165) is 40.5 Å². The van der Waals surface area contributed by atoms with Gasteiger partial charge in [0.15, 0.2) is 0 Å². The van der Waals surface area contributed by atoms with E-state index in [0.29, 0.717) is 0 Å². The third-order valence-electron chi connectivity index (χ3n) is 6.54. The zero-order chi connectivity index (χ0) is 23.1. The topological polar surface area (TPSA) is 66.8 Å². The average molecular weight is 449 g/mol. The number of nitrogens with zero attached hydrogens (tertiary/aromatic N) is 1. The molecule has 1 aliphatic heterocycles. The molecule has 5 nitrogen and oxygen atoms in total. The van der Waals surface area contributed by atoms with Crippen LogP contribution in [0.1, 0.15) is 28.5 Å². The minimum Gasteiger partial charge on any atom is -0.481 e. The van der Waals surface area contributed by atoms with Crippen LogP contribution in [0, 0.1) is 17.6 Å². The number of fused-ring (bicyclic) bond motifs is 3. The monoisotopic (exact) mass is 449 g/mol. The number of ether oxygens (including phenoxy) is 1. The fraction of sp³-hybridized carbons (Fsp3) is 0.231. The van der Waals surface area contributed by atoms with Crippen molar-refractivity contribution in [3.8, 4) is 11.1 Å². The molecule has 0 spiro atoms. The lowest BCUT2D eigenvalue weighted by molar-refractivity contribution is -0.141. The van der Waals surface area contributed by atoms with Crippen molar-refractivity contribution in [2.24, 2.45) is 5.92 Å². The number of hydrogen-bond donors (Lipinski definition) is 1. The van der Waals surface area contributed by atoms with Crippen LogP contribution in [0.4, 0.5) is 13.6 Å². The molecule has 33 heavy (non-hydrogen) atoms. The number of amides is 1. The maximum atomic E-state index is 13.7. The van der Waals surface area contributed by atoms with Gasteiger partial charge in [-0.3, -0.25) is 4.79 Å². The lowest BCUT2D eigenvalue weighted by Crippen LogP contribution is -2.31. The Balaban J connectivity index is 1.33. The number of aliphatic carboxylic acids is 1. The smallest absolute Gasteiger partial charge is 0.409 e. The molecule has 1 fully saturated rings. The van der Waals surface area contributed by atoms with Crippen LogP contribution in [0.5, 0.6) is 0 Å². The summed E-state index contributed by atoms with van der Waals surface area (Å²) in [5.41, 5.74) is 4.58. The lowest BCUT2D eigenvalue weighted by atomic mass is 9.89. The first-order valence-corrected chi connectivity index (χ1v) is 10.7. The van der Waals surface area contributed by atoms with Crippen molar-refractivity contribution < 1.29 is 28.2 Å². The van der Waals surface area contributed by atoms with Gasteiger partial charge in [-0.25, -0.2) is 13.6 Å². The lowest BCUT2D eigenvalue weighted by Gasteiger charge is -2.19. The molecule has 0 aromatic heterocycles. The summed E-state index contributed by atoms with van der Waals surface area (Å²) in [6.07, 6.45) is -0.637. The van der Waals surface area contributed by atoms with Gasteiger partial charge >= 0.3 is 12.1 Å². The molecule has 2 aliphatic rings. The first-order chi connectivity index (χ1) is 15.9. The van der Waals surface area contributed by atoms with Gasteiger partial charge in [0.1, 0.15) is 18.2 Å². The van der Waals surface area contributed by atoms with E-state index in [-0.39, 0.29) is 31.2 Å². The van der Waals surface area contributed by atoms with Crippen molar-refractivity contribution in [1.29, 1.82) is 0 Å². The van der Waals surface area contributed by atoms with E-state index in [9.17, 15) is 23.5 Å². The summed E-state index contributed by atoms with van der Waals surface area (Å²) in [7, 11) is 0. The van der Waals surface area contributed by atoms with Crippen molar-refractivity contribution in [3.63, 3.8) is 0 Å². The Bertz CT molecular complexity index is 1180. The summed E-state index contributed by atoms with van der Waals surface area (Å²) in [6.45, 7) is 0.0334. The summed E-state index contributed by atoms with van der Waals surface area (Å²) in [5.74, 6) is -4.52. The number of carboxylic acids is 1. The highest BCUT2D eigenvalue weighted by atomic mass is 19.1. The van der Waals surface area contributed by atoms with E-state index >= 15 is 0 Å². The number of carbonyl (C=O) groups is 2. The number of benzene rings is 3. The first-order valence-electron chi connectivity index (χ1n) is 10.7. The molecule has 1 amide bonds. The summed E-state index contributed by atoms with van der Waals surface area (Å²) in [6, 6.07) is 18.9. The van der Waals surface area contributed by atoms with Crippen molar-refractivity contribution in [2.75, 3.05) is 19.7 Å². The molecule has 7 heteroatoms. The molecule has 1 saturated heterocycles. The second-order valence-corrected chi connectivity index (χ2v) is 8.46. The molecule has 1 aliphatic carbocycles. The molecular formula is C26H21F2NO4. The molecule has 1 N–H and O–H groups in total. The van der Waals surface area contributed by atoms with E-state index in [1.165, 1.54) is 4.90 Å². The van der Waals surface area contributed by atoms with E-state index in [2.05, 4.69) is 0 Å². The normalized spacial score (nSPS) is 19.3. The van der Waals surface area contributed by atoms with Gasteiger partial charge in [-0.15, -0.1) is 0 Å². The predicted octanol–water partition coefficient (Wildman–Crippen LogP) is 5.01. The molecule has 0 saturated carbocycles. The van der Waals surface area contributed by atoms with Crippen LogP contribution >= 0.6 is 0 Å². The number of hydrogen-bond acceptors (Lipinski definition) is 3. The van der Waals surface area contributed by atoms with Gasteiger partial charge < -0.3 is 14.7 Å². The fourth-order valence-electron chi connectivity index (χ4n) is 5.02. The number of halogens is 2. The van der Waals surface area contributed by atoms with Crippen LogP contribution in [0.25, 0.3) is 11.1 Å². The third-order valence-corrected chi connectivity index (χ3v) is 6.54. The molecule has 3 aromatic carbocycles. The van der Waals surface area contributed by atoms with Crippen molar-refractivity contribution in [3.05, 3.63) is 95.1 Å². The van der Waals surface area contributed by atoms with Gasteiger partial charge in [0.2, 0.25) is 0 Å². The summed E-state index contributed by atoms with van der Waals surface area (Å²) < 4.78 is 33.0. The Morgan fingerprint density at radius 2 is 1.48 bits per heavy atom. The molecule has 0 bridgehead atoms. The Kier molecular flexibility index (Phi) is 5.32. The van der Waals surface area contributed by atoms with Gasteiger partial charge in [-0.05, 0) is 39.9 Å². The van der Waals surface area contributed by atoms with Crippen molar-refractivity contribution in [1.82, 2.24) is 4.90 Å². The van der Waals surface area contributed by atoms with E-state index in [4.69, 9.17) is 4.74 Å². The molecular weight excluding hydrogens is 428 g/mol. The van der Waals surface area contributed by atoms with Gasteiger partial charge in [0.25, 0.3) is 0 Å². The van der Waals surface area contributed by atoms with Gasteiger partial charge in [-0.2, -0.15) is 0 Å². The predicted molar refractivity (Wildman–Crippen MR) is 117 cm³/mol. The zero-order valence-corrected chi connectivity index (χ0v) is 17.6. The van der Waals surface area contributed by atoms with E-state index in [1.54, 1.807) is 0 Å². The van der Waals surface area contributed by atoms with Gasteiger partial charge in [0.05, 0.1) is 5.92 Å². The summed E-state index contributed by atoms with van der Waals surface area (Å²) in [4.78, 5) is 26.0. The van der Waals surface area contributed by atoms with Crippen LogP contribution in [0.3, 0.4) is 0 Å². The second kappa shape index (κ2) is 8.31. The number of likely N-dealkylation sites (tertiary alicyclic amines) is 1. The number of carbonyl (C=O) groups excluding carboxylic acids is 1. The van der Waals surface area contributed by atoms with Crippen LogP contribution in [0.15, 0.2) is 66.7 Å². The molecule has 3 aromatic rings. The number of carboxylic acid groups (broad SMARTS) is 1.